The van der Waals surface area contributed by atoms with Crippen LogP contribution in [0.4, 0.5) is 5.69 Å². The van der Waals surface area contributed by atoms with Crippen LogP contribution in [-0.2, 0) is 14.4 Å². The van der Waals surface area contributed by atoms with E-state index in [1.54, 1.807) is 11.9 Å². The predicted molar refractivity (Wildman–Crippen MR) is 119 cm³/mol. The van der Waals surface area contributed by atoms with E-state index in [4.69, 9.17) is 0 Å². The molecule has 31 heavy (non-hydrogen) atoms. The summed E-state index contributed by atoms with van der Waals surface area (Å²) in [5.74, 6) is -2.14. The molecule has 7 heteroatoms. The molecule has 3 amide bonds. The lowest BCUT2D eigenvalue weighted by Gasteiger charge is -2.33. The van der Waals surface area contributed by atoms with Gasteiger partial charge in [-0.05, 0) is 49.8 Å². The number of carbonyl (C=O) groups is 3. The minimum absolute atomic E-state index is 0.0503. The maximum absolute atomic E-state index is 13.5. The van der Waals surface area contributed by atoms with E-state index in [-0.39, 0.29) is 42.7 Å². The molecular weight excluding hydrogens is 394 g/mol. The van der Waals surface area contributed by atoms with Crippen LogP contribution in [0.25, 0.3) is 0 Å². The Morgan fingerprint density at radius 2 is 1.90 bits per heavy atom. The quantitative estimate of drug-likeness (QED) is 0.580. The molecule has 0 bridgehead atoms. The van der Waals surface area contributed by atoms with E-state index in [1.165, 1.54) is 0 Å². The molecule has 3 rings (SSSR count). The van der Waals surface area contributed by atoms with Gasteiger partial charge in [-0.3, -0.25) is 14.4 Å². The number of aliphatic hydroxyl groups excluding tert-OH is 1. The highest BCUT2D eigenvalue weighted by Crippen LogP contribution is 2.45. The van der Waals surface area contributed by atoms with Crippen LogP contribution in [0.15, 0.2) is 30.4 Å². The number of carbonyl (C=O) groups excluding carboxylic acids is 3. The lowest BCUT2D eigenvalue weighted by Crippen LogP contribution is -2.45. The van der Waals surface area contributed by atoms with E-state index in [0.717, 1.165) is 23.2 Å². The molecule has 1 saturated heterocycles. The van der Waals surface area contributed by atoms with Gasteiger partial charge in [0, 0.05) is 31.8 Å². The molecule has 5 atom stereocenters. The SMILES string of the molecule is CC[C@@H]1C=C[C@H]2[C@H](C(=O)N(CCCO)[C@@H]2C(=O)Nc2cc(C)ccc2C)[C@@H]1C(=O)NC. The van der Waals surface area contributed by atoms with E-state index in [2.05, 4.69) is 10.6 Å². The van der Waals surface area contributed by atoms with Crippen molar-refractivity contribution in [1.82, 2.24) is 10.2 Å². The Bertz CT molecular complexity index is 882. The van der Waals surface area contributed by atoms with Crippen LogP contribution in [-0.4, -0.2) is 54.0 Å². The van der Waals surface area contributed by atoms with Gasteiger partial charge in [-0.15, -0.1) is 0 Å². The minimum Gasteiger partial charge on any atom is -0.396 e. The zero-order valence-corrected chi connectivity index (χ0v) is 18.7. The van der Waals surface area contributed by atoms with E-state index in [0.29, 0.717) is 6.42 Å². The third kappa shape index (κ3) is 4.37. The second kappa shape index (κ2) is 9.64. The molecule has 1 heterocycles. The monoisotopic (exact) mass is 427 g/mol. The van der Waals surface area contributed by atoms with Crippen molar-refractivity contribution in [2.45, 2.75) is 39.7 Å². The average Bonchev–Trinajstić information content (AvgIpc) is 3.05. The first-order chi connectivity index (χ1) is 14.8. The van der Waals surface area contributed by atoms with Gasteiger partial charge in [0.15, 0.2) is 0 Å². The molecule has 0 spiro atoms. The fourth-order valence-electron chi connectivity index (χ4n) is 4.97. The van der Waals surface area contributed by atoms with Gasteiger partial charge in [-0.25, -0.2) is 0 Å². The summed E-state index contributed by atoms with van der Waals surface area (Å²) in [6.07, 6.45) is 5.05. The number of allylic oxidation sites excluding steroid dienone is 1. The number of rotatable bonds is 7. The van der Waals surface area contributed by atoms with Crippen molar-refractivity contribution in [2.75, 3.05) is 25.5 Å². The molecule has 2 aliphatic rings. The summed E-state index contributed by atoms with van der Waals surface area (Å²) >= 11 is 0. The maximum atomic E-state index is 13.5. The van der Waals surface area contributed by atoms with Crippen molar-refractivity contribution >= 4 is 23.4 Å². The Labute approximate surface area is 183 Å². The van der Waals surface area contributed by atoms with Crippen molar-refractivity contribution in [3.8, 4) is 0 Å². The molecule has 1 aromatic carbocycles. The molecule has 0 aromatic heterocycles. The van der Waals surface area contributed by atoms with Crippen molar-refractivity contribution < 1.29 is 19.5 Å². The second-order valence-electron chi connectivity index (χ2n) is 8.56. The second-order valence-corrected chi connectivity index (χ2v) is 8.56. The lowest BCUT2D eigenvalue weighted by atomic mass is 9.69. The number of aryl methyl sites for hydroxylation is 2. The number of benzene rings is 1. The van der Waals surface area contributed by atoms with Crippen molar-refractivity contribution in [3.63, 3.8) is 0 Å². The summed E-state index contributed by atoms with van der Waals surface area (Å²) in [7, 11) is 1.58. The number of amides is 3. The molecule has 1 fully saturated rings. The number of likely N-dealkylation sites (tertiary alicyclic amines) is 1. The fraction of sp³-hybridized carbons (Fsp3) is 0.542. The summed E-state index contributed by atoms with van der Waals surface area (Å²) in [5, 5.41) is 15.1. The van der Waals surface area contributed by atoms with Gasteiger partial charge < -0.3 is 20.6 Å². The van der Waals surface area contributed by atoms with E-state index >= 15 is 0 Å². The minimum atomic E-state index is -0.717. The predicted octanol–water partition coefficient (Wildman–Crippen LogP) is 2.03. The first-order valence-corrected chi connectivity index (χ1v) is 11.0. The van der Waals surface area contributed by atoms with E-state index in [9.17, 15) is 19.5 Å². The van der Waals surface area contributed by atoms with Gasteiger partial charge in [0.1, 0.15) is 6.04 Å². The number of fused-ring (bicyclic) bond motifs is 1. The smallest absolute Gasteiger partial charge is 0.247 e. The highest BCUT2D eigenvalue weighted by molar-refractivity contribution is 6.02. The van der Waals surface area contributed by atoms with Gasteiger partial charge in [-0.1, -0.05) is 31.2 Å². The van der Waals surface area contributed by atoms with Gasteiger partial charge in [0.2, 0.25) is 17.7 Å². The number of aliphatic hydroxyl groups is 1. The van der Waals surface area contributed by atoms with Crippen LogP contribution >= 0.6 is 0 Å². The van der Waals surface area contributed by atoms with Crippen LogP contribution in [0.3, 0.4) is 0 Å². The topological polar surface area (TPSA) is 98.7 Å². The molecule has 0 saturated carbocycles. The summed E-state index contributed by atoms with van der Waals surface area (Å²) in [4.78, 5) is 41.2. The highest BCUT2D eigenvalue weighted by Gasteiger charge is 2.56. The molecule has 1 aliphatic heterocycles. The molecule has 1 aliphatic carbocycles. The van der Waals surface area contributed by atoms with Crippen LogP contribution in [0, 0.1) is 37.5 Å². The summed E-state index contributed by atoms with van der Waals surface area (Å²) in [6, 6.07) is 5.13. The van der Waals surface area contributed by atoms with Crippen molar-refractivity contribution in [2.24, 2.45) is 23.7 Å². The fourth-order valence-corrected chi connectivity index (χ4v) is 4.97. The number of hydrogen-bond donors (Lipinski definition) is 3. The van der Waals surface area contributed by atoms with Gasteiger partial charge in [0.25, 0.3) is 0 Å². The van der Waals surface area contributed by atoms with E-state index in [1.807, 2.05) is 51.1 Å². The third-order valence-corrected chi connectivity index (χ3v) is 6.61. The molecule has 3 N–H and O–H groups in total. The lowest BCUT2D eigenvalue weighted by molar-refractivity contribution is -0.140. The normalized spacial score (nSPS) is 27.2. The Kier molecular flexibility index (Phi) is 7.15. The Morgan fingerprint density at radius 3 is 2.55 bits per heavy atom. The van der Waals surface area contributed by atoms with E-state index < -0.39 is 17.9 Å². The van der Waals surface area contributed by atoms with Gasteiger partial charge in [0.05, 0.1) is 11.8 Å². The summed E-state index contributed by atoms with van der Waals surface area (Å²) in [6.45, 7) is 6.09. The van der Waals surface area contributed by atoms with Crippen molar-refractivity contribution in [3.05, 3.63) is 41.5 Å². The Balaban J connectivity index is 1.98. The maximum Gasteiger partial charge on any atom is 0.247 e. The Morgan fingerprint density at radius 1 is 1.16 bits per heavy atom. The molecule has 0 unspecified atom stereocenters. The Hall–Kier alpha value is -2.67. The number of hydrogen-bond acceptors (Lipinski definition) is 4. The first kappa shape index (κ1) is 23.0. The standard InChI is InChI=1S/C24H33N3O4/c1-5-16-9-10-17-20(19(16)22(29)25-4)24(31)27(11-6-12-28)21(17)23(30)26-18-13-14(2)7-8-15(18)3/h7-10,13,16-17,19-21,28H,5-6,11-12H2,1-4H3,(H,25,29)(H,26,30)/t16-,17+,19-,20+,21+/m1/s1. The van der Waals surface area contributed by atoms with Crippen LogP contribution in [0.5, 0.6) is 0 Å². The molecular formula is C24H33N3O4. The third-order valence-electron chi connectivity index (χ3n) is 6.61. The zero-order chi connectivity index (χ0) is 22.7. The first-order valence-electron chi connectivity index (χ1n) is 11.0. The molecule has 7 nitrogen and oxygen atoms in total. The van der Waals surface area contributed by atoms with Crippen LogP contribution in [0.1, 0.15) is 30.9 Å². The largest absolute Gasteiger partial charge is 0.396 e. The van der Waals surface area contributed by atoms with Gasteiger partial charge >= 0.3 is 0 Å². The molecule has 168 valence electrons. The number of anilines is 1. The van der Waals surface area contributed by atoms with Crippen LogP contribution in [0.2, 0.25) is 0 Å². The summed E-state index contributed by atoms with van der Waals surface area (Å²) < 4.78 is 0. The average molecular weight is 428 g/mol. The molecule has 0 radical (unpaired) electrons. The summed E-state index contributed by atoms with van der Waals surface area (Å²) in [5.41, 5.74) is 2.69. The van der Waals surface area contributed by atoms with Crippen molar-refractivity contribution in [1.29, 1.82) is 0 Å². The number of nitrogens with zero attached hydrogens (tertiary/aromatic N) is 1. The highest BCUT2D eigenvalue weighted by atomic mass is 16.3. The zero-order valence-electron chi connectivity index (χ0n) is 18.7. The number of nitrogens with one attached hydrogen (secondary N) is 2. The van der Waals surface area contributed by atoms with Crippen LogP contribution < -0.4 is 10.6 Å². The van der Waals surface area contributed by atoms with Gasteiger partial charge in [-0.2, -0.15) is 0 Å². The molecule has 1 aromatic rings.